The van der Waals surface area contributed by atoms with Crippen LogP contribution in [0.25, 0.3) is 0 Å². The van der Waals surface area contributed by atoms with E-state index in [-0.39, 0.29) is 12.2 Å². The molecular formula is C12H20O3. The van der Waals surface area contributed by atoms with Crippen LogP contribution in [-0.4, -0.2) is 18.4 Å². The molecule has 0 bridgehead atoms. The van der Waals surface area contributed by atoms with Crippen LogP contribution in [0.4, 0.5) is 0 Å². The van der Waals surface area contributed by atoms with E-state index in [2.05, 4.69) is 0 Å². The highest BCUT2D eigenvalue weighted by molar-refractivity contribution is 5.95. The molecule has 0 aliphatic rings. The van der Waals surface area contributed by atoms with Gasteiger partial charge in [-0.1, -0.05) is 11.1 Å². The summed E-state index contributed by atoms with van der Waals surface area (Å²) in [7, 11) is 0. The lowest BCUT2D eigenvalue weighted by atomic mass is 10.0. The number of carbonyl (C=O) groups is 2. The molecule has 0 spiro atoms. The number of allylic oxidation sites excluding steroid dienone is 2. The fourth-order valence-electron chi connectivity index (χ4n) is 1.04. The van der Waals surface area contributed by atoms with Gasteiger partial charge in [-0.05, 0) is 34.1 Å². The Morgan fingerprint density at radius 3 is 2.13 bits per heavy atom. The van der Waals surface area contributed by atoms with Crippen molar-refractivity contribution in [2.45, 2.75) is 47.0 Å². The van der Waals surface area contributed by atoms with Gasteiger partial charge in [0.2, 0.25) is 0 Å². The van der Waals surface area contributed by atoms with Gasteiger partial charge in [0.25, 0.3) is 0 Å². The van der Waals surface area contributed by atoms with Crippen molar-refractivity contribution < 1.29 is 14.3 Å². The van der Waals surface area contributed by atoms with E-state index in [0.717, 1.165) is 6.42 Å². The van der Waals surface area contributed by atoms with Crippen molar-refractivity contribution in [1.29, 1.82) is 0 Å². The van der Waals surface area contributed by atoms with Crippen LogP contribution < -0.4 is 0 Å². The van der Waals surface area contributed by atoms with Gasteiger partial charge in [0.15, 0.2) is 0 Å². The molecule has 0 aromatic heterocycles. The SMILES string of the molecule is CCOC(=O)CC(=O)CCC(C)=C(C)C. The molecule has 15 heavy (non-hydrogen) atoms. The topological polar surface area (TPSA) is 43.4 Å². The number of ether oxygens (including phenoxy) is 1. The Morgan fingerprint density at radius 1 is 1.07 bits per heavy atom. The Balaban J connectivity index is 3.86. The fraction of sp³-hybridized carbons (Fsp3) is 0.667. The molecule has 0 atom stereocenters. The standard InChI is InChI=1S/C12H20O3/c1-5-15-12(14)8-11(13)7-6-10(4)9(2)3/h5-8H2,1-4H3. The summed E-state index contributed by atoms with van der Waals surface area (Å²) in [5, 5.41) is 0. The van der Waals surface area contributed by atoms with Gasteiger partial charge in [-0.3, -0.25) is 9.59 Å². The summed E-state index contributed by atoms with van der Waals surface area (Å²) in [6.07, 6.45) is 1.07. The van der Waals surface area contributed by atoms with E-state index < -0.39 is 5.97 Å². The third-order valence-electron chi connectivity index (χ3n) is 2.28. The van der Waals surface area contributed by atoms with E-state index in [9.17, 15) is 9.59 Å². The largest absolute Gasteiger partial charge is 0.466 e. The Hall–Kier alpha value is -1.12. The summed E-state index contributed by atoms with van der Waals surface area (Å²) in [6.45, 7) is 8.11. The van der Waals surface area contributed by atoms with Crippen LogP contribution in [-0.2, 0) is 14.3 Å². The average molecular weight is 212 g/mol. The molecule has 3 nitrogen and oxygen atoms in total. The molecule has 0 aliphatic carbocycles. The van der Waals surface area contributed by atoms with Crippen molar-refractivity contribution in [3.05, 3.63) is 11.1 Å². The molecule has 0 fully saturated rings. The highest BCUT2D eigenvalue weighted by Gasteiger charge is 2.10. The zero-order valence-electron chi connectivity index (χ0n) is 10.1. The van der Waals surface area contributed by atoms with Gasteiger partial charge >= 0.3 is 5.97 Å². The van der Waals surface area contributed by atoms with Crippen molar-refractivity contribution in [2.24, 2.45) is 0 Å². The van der Waals surface area contributed by atoms with E-state index in [4.69, 9.17) is 4.74 Å². The van der Waals surface area contributed by atoms with Gasteiger partial charge in [0, 0.05) is 6.42 Å². The predicted molar refractivity (Wildman–Crippen MR) is 59.5 cm³/mol. The zero-order valence-corrected chi connectivity index (χ0v) is 10.1. The Bertz CT molecular complexity index is 260. The monoisotopic (exact) mass is 212 g/mol. The summed E-state index contributed by atoms with van der Waals surface area (Å²) in [5.74, 6) is -0.466. The van der Waals surface area contributed by atoms with E-state index in [1.54, 1.807) is 6.92 Å². The maximum absolute atomic E-state index is 11.3. The Labute approximate surface area is 91.5 Å². The Kier molecular flexibility index (Phi) is 6.67. The van der Waals surface area contributed by atoms with Gasteiger partial charge in [-0.15, -0.1) is 0 Å². The average Bonchev–Trinajstić information content (AvgIpc) is 2.14. The quantitative estimate of drug-likeness (QED) is 0.386. The highest BCUT2D eigenvalue weighted by Crippen LogP contribution is 2.10. The van der Waals surface area contributed by atoms with Crippen molar-refractivity contribution in [2.75, 3.05) is 6.61 Å². The molecule has 0 radical (unpaired) electrons. The minimum absolute atomic E-state index is 0.0472. The first-order valence-corrected chi connectivity index (χ1v) is 5.27. The number of rotatable bonds is 6. The van der Waals surface area contributed by atoms with Crippen LogP contribution in [0.5, 0.6) is 0 Å². The molecule has 3 heteroatoms. The summed E-state index contributed by atoms with van der Waals surface area (Å²) in [6, 6.07) is 0. The van der Waals surface area contributed by atoms with Crippen LogP contribution in [0.3, 0.4) is 0 Å². The number of hydrogen-bond donors (Lipinski definition) is 0. The Morgan fingerprint density at radius 2 is 1.67 bits per heavy atom. The lowest BCUT2D eigenvalue weighted by Gasteiger charge is -2.03. The molecule has 86 valence electrons. The number of esters is 1. The van der Waals surface area contributed by atoms with Crippen molar-refractivity contribution in [3.63, 3.8) is 0 Å². The summed E-state index contributed by atoms with van der Waals surface area (Å²) >= 11 is 0. The fourth-order valence-corrected chi connectivity index (χ4v) is 1.04. The maximum Gasteiger partial charge on any atom is 0.313 e. The lowest BCUT2D eigenvalue weighted by molar-refractivity contribution is -0.145. The predicted octanol–water partition coefficient (Wildman–Crippen LogP) is 2.65. The van der Waals surface area contributed by atoms with Crippen molar-refractivity contribution in [3.8, 4) is 0 Å². The van der Waals surface area contributed by atoms with E-state index in [1.807, 2.05) is 20.8 Å². The van der Waals surface area contributed by atoms with Gasteiger partial charge in [-0.2, -0.15) is 0 Å². The molecule has 0 saturated heterocycles. The van der Waals surface area contributed by atoms with Gasteiger partial charge in [-0.25, -0.2) is 0 Å². The minimum atomic E-state index is -0.419. The molecule has 0 saturated carbocycles. The first-order valence-electron chi connectivity index (χ1n) is 5.27. The molecule has 0 unspecified atom stereocenters. The molecule has 0 rings (SSSR count). The van der Waals surface area contributed by atoms with Crippen LogP contribution in [0.15, 0.2) is 11.1 Å². The highest BCUT2D eigenvalue weighted by atomic mass is 16.5. The molecule has 0 aromatic rings. The van der Waals surface area contributed by atoms with E-state index in [1.165, 1.54) is 11.1 Å². The van der Waals surface area contributed by atoms with Gasteiger partial charge in [0.05, 0.1) is 6.61 Å². The smallest absolute Gasteiger partial charge is 0.313 e. The molecule has 0 aromatic carbocycles. The van der Waals surface area contributed by atoms with Gasteiger partial charge < -0.3 is 4.74 Å². The molecule has 0 heterocycles. The van der Waals surface area contributed by atoms with Crippen molar-refractivity contribution in [1.82, 2.24) is 0 Å². The third kappa shape index (κ3) is 6.89. The van der Waals surface area contributed by atoms with Crippen LogP contribution in [0.2, 0.25) is 0 Å². The summed E-state index contributed by atoms with van der Waals surface area (Å²) in [5.41, 5.74) is 2.45. The van der Waals surface area contributed by atoms with E-state index in [0.29, 0.717) is 13.0 Å². The number of carbonyl (C=O) groups excluding carboxylic acids is 2. The normalized spacial score (nSPS) is 9.60. The second-order valence-corrected chi connectivity index (χ2v) is 3.80. The third-order valence-corrected chi connectivity index (χ3v) is 2.28. The first-order chi connectivity index (χ1) is 6.97. The number of hydrogen-bond acceptors (Lipinski definition) is 3. The minimum Gasteiger partial charge on any atom is -0.466 e. The van der Waals surface area contributed by atoms with Crippen molar-refractivity contribution >= 4 is 11.8 Å². The number of ketones is 1. The second kappa shape index (κ2) is 7.21. The maximum atomic E-state index is 11.3. The summed E-state index contributed by atoms with van der Waals surface area (Å²) in [4.78, 5) is 22.3. The molecule has 0 aliphatic heterocycles. The van der Waals surface area contributed by atoms with Crippen LogP contribution in [0.1, 0.15) is 47.0 Å². The molecule has 0 N–H and O–H groups in total. The molecule has 0 amide bonds. The van der Waals surface area contributed by atoms with Gasteiger partial charge in [0.1, 0.15) is 12.2 Å². The first kappa shape index (κ1) is 13.9. The summed E-state index contributed by atoms with van der Waals surface area (Å²) < 4.78 is 4.70. The zero-order chi connectivity index (χ0) is 11.8. The van der Waals surface area contributed by atoms with Crippen LogP contribution >= 0.6 is 0 Å². The second-order valence-electron chi connectivity index (χ2n) is 3.80. The lowest BCUT2D eigenvalue weighted by Crippen LogP contribution is -2.11. The van der Waals surface area contributed by atoms with Crippen LogP contribution in [0, 0.1) is 0 Å². The van der Waals surface area contributed by atoms with E-state index >= 15 is 0 Å². The molecular weight excluding hydrogens is 192 g/mol. The number of Topliss-reactive ketones (excluding diaryl/α,β-unsaturated/α-hetero) is 1.